The summed E-state index contributed by atoms with van der Waals surface area (Å²) in [5.74, 6) is 0.0215. The molecule has 0 aromatic heterocycles. The Morgan fingerprint density at radius 3 is 1.93 bits per heavy atom. The number of halogens is 1. The number of phosphoric ester groups is 1. The van der Waals surface area contributed by atoms with Crippen molar-refractivity contribution in [3.63, 3.8) is 0 Å². The van der Waals surface area contributed by atoms with Crippen LogP contribution >= 0.6 is 19.6 Å². The molecule has 1 heterocycles. The number of rotatable bonds is 12. The predicted molar refractivity (Wildman–Crippen MR) is 153 cm³/mol. The van der Waals surface area contributed by atoms with E-state index in [1.165, 1.54) is 18.2 Å². The molecule has 2 atom stereocenters. The third-order valence-corrected chi connectivity index (χ3v) is 8.31. The Morgan fingerprint density at radius 1 is 0.780 bits per heavy atom. The van der Waals surface area contributed by atoms with Crippen LogP contribution in [-0.4, -0.2) is 23.0 Å². The van der Waals surface area contributed by atoms with Gasteiger partial charge >= 0.3 is 7.82 Å². The topological polar surface area (TPSA) is 100 Å². The van der Waals surface area contributed by atoms with Gasteiger partial charge in [-0.2, -0.15) is 0 Å². The molecule has 210 valence electrons. The van der Waals surface area contributed by atoms with Gasteiger partial charge < -0.3 is 13.8 Å². The van der Waals surface area contributed by atoms with Gasteiger partial charge in [0.05, 0.1) is 5.25 Å². The van der Waals surface area contributed by atoms with Gasteiger partial charge in [-0.3, -0.25) is 19.4 Å². The minimum absolute atomic E-state index is 0.103. The standard InChI is InChI=1S/C30H25FNO7PS/c31-26-14-8-7-13-25(26)27(20-36-22-17-15-21(16-18-22)19-28-29(33)32-30(34)41-28)39-40(35,37-23-9-3-1-4-10-23)38-24-11-5-2-6-12-24/h1-18,27-28H,19-20H2,(H,32,33,34). The monoisotopic (exact) mass is 593 g/mol. The Labute approximate surface area is 240 Å². The van der Waals surface area contributed by atoms with Crippen LogP contribution in [0.25, 0.3) is 0 Å². The third-order valence-electron chi connectivity index (χ3n) is 5.94. The summed E-state index contributed by atoms with van der Waals surface area (Å²) in [5, 5.41) is 1.43. The second-order valence-electron chi connectivity index (χ2n) is 8.91. The fourth-order valence-electron chi connectivity index (χ4n) is 3.99. The highest BCUT2D eigenvalue weighted by atomic mass is 32.2. The first-order chi connectivity index (χ1) is 19.9. The number of imide groups is 1. The zero-order valence-corrected chi connectivity index (χ0v) is 23.3. The van der Waals surface area contributed by atoms with Gasteiger partial charge in [-0.05, 0) is 54.4 Å². The molecule has 1 aliphatic rings. The van der Waals surface area contributed by atoms with E-state index < -0.39 is 25.0 Å². The number of para-hydroxylation sites is 2. The van der Waals surface area contributed by atoms with Crippen molar-refractivity contribution in [2.75, 3.05) is 6.61 Å². The van der Waals surface area contributed by atoms with Crippen molar-refractivity contribution >= 4 is 30.7 Å². The molecule has 2 amide bonds. The maximum atomic E-state index is 14.9. The van der Waals surface area contributed by atoms with Crippen LogP contribution in [0, 0.1) is 5.82 Å². The summed E-state index contributed by atoms with van der Waals surface area (Å²) in [6.07, 6.45) is -0.806. The normalized spacial score (nSPS) is 15.7. The Kier molecular flexibility index (Phi) is 9.04. The van der Waals surface area contributed by atoms with Crippen molar-refractivity contribution in [1.82, 2.24) is 5.32 Å². The van der Waals surface area contributed by atoms with Crippen molar-refractivity contribution in [1.29, 1.82) is 0 Å². The van der Waals surface area contributed by atoms with E-state index >= 15 is 0 Å². The minimum Gasteiger partial charge on any atom is -0.490 e. The number of carbonyl (C=O) groups excluding carboxylic acids is 2. The molecule has 5 rings (SSSR count). The second kappa shape index (κ2) is 13.0. The van der Waals surface area contributed by atoms with Crippen molar-refractivity contribution in [2.45, 2.75) is 17.8 Å². The number of amides is 2. The summed E-state index contributed by atoms with van der Waals surface area (Å²) in [5.41, 5.74) is 0.935. The molecule has 0 saturated carbocycles. The van der Waals surface area contributed by atoms with E-state index in [0.29, 0.717) is 12.2 Å². The van der Waals surface area contributed by atoms with E-state index in [1.54, 1.807) is 91.0 Å². The Morgan fingerprint density at radius 2 is 1.37 bits per heavy atom. The average Bonchev–Trinajstić information content (AvgIpc) is 3.29. The zero-order chi connectivity index (χ0) is 28.7. The predicted octanol–water partition coefficient (Wildman–Crippen LogP) is 7.12. The van der Waals surface area contributed by atoms with Gasteiger partial charge in [-0.15, -0.1) is 0 Å². The lowest BCUT2D eigenvalue weighted by Crippen LogP contribution is -2.25. The number of benzene rings is 4. The molecular formula is C30H25FNO7PS. The summed E-state index contributed by atoms with van der Waals surface area (Å²) in [6.45, 7) is -0.226. The molecule has 4 aromatic carbocycles. The number of thioether (sulfide) groups is 1. The van der Waals surface area contributed by atoms with E-state index in [1.807, 2.05) is 0 Å². The molecule has 41 heavy (non-hydrogen) atoms. The molecular weight excluding hydrogens is 568 g/mol. The smallest absolute Gasteiger partial charge is 0.490 e. The van der Waals surface area contributed by atoms with Gasteiger partial charge in [-0.25, -0.2) is 8.96 Å². The summed E-state index contributed by atoms with van der Waals surface area (Å²) in [6, 6.07) is 29.6. The lowest BCUT2D eigenvalue weighted by Gasteiger charge is -2.25. The highest BCUT2D eigenvalue weighted by Gasteiger charge is 2.37. The number of phosphoric acid groups is 1. The number of carbonyl (C=O) groups is 2. The molecule has 4 aromatic rings. The molecule has 8 nitrogen and oxygen atoms in total. The lowest BCUT2D eigenvalue weighted by molar-refractivity contribution is -0.118. The molecule has 1 fully saturated rings. The highest BCUT2D eigenvalue weighted by molar-refractivity contribution is 8.15. The van der Waals surface area contributed by atoms with Crippen LogP contribution in [0.1, 0.15) is 17.2 Å². The Hall–Kier alpha value is -4.11. The molecule has 2 unspecified atom stereocenters. The van der Waals surface area contributed by atoms with E-state index in [-0.39, 0.29) is 34.8 Å². The van der Waals surface area contributed by atoms with Crippen LogP contribution in [0.2, 0.25) is 0 Å². The van der Waals surface area contributed by atoms with E-state index in [9.17, 15) is 18.5 Å². The maximum Gasteiger partial charge on any atom is 0.588 e. The lowest BCUT2D eigenvalue weighted by atomic mass is 10.1. The van der Waals surface area contributed by atoms with E-state index in [0.717, 1.165) is 17.3 Å². The number of hydrogen-bond donors (Lipinski definition) is 1. The van der Waals surface area contributed by atoms with Gasteiger partial charge in [-0.1, -0.05) is 78.5 Å². The van der Waals surface area contributed by atoms with Gasteiger partial charge in [0.25, 0.3) is 5.24 Å². The van der Waals surface area contributed by atoms with Gasteiger partial charge in [0, 0.05) is 5.56 Å². The number of ether oxygens (including phenoxy) is 1. The fourth-order valence-corrected chi connectivity index (χ4v) is 6.22. The number of nitrogens with one attached hydrogen (secondary N) is 1. The molecule has 0 aliphatic carbocycles. The first kappa shape index (κ1) is 28.4. The van der Waals surface area contributed by atoms with Crippen LogP contribution < -0.4 is 19.1 Å². The summed E-state index contributed by atoms with van der Waals surface area (Å²) in [4.78, 5) is 23.3. The molecule has 1 saturated heterocycles. The maximum absolute atomic E-state index is 14.9. The third kappa shape index (κ3) is 7.76. The molecule has 1 aliphatic heterocycles. The van der Waals surface area contributed by atoms with Crippen molar-refractivity contribution < 1.29 is 36.9 Å². The molecule has 0 bridgehead atoms. The van der Waals surface area contributed by atoms with Crippen molar-refractivity contribution in [3.05, 3.63) is 126 Å². The molecule has 11 heteroatoms. The van der Waals surface area contributed by atoms with E-state index in [2.05, 4.69) is 5.32 Å². The highest BCUT2D eigenvalue weighted by Crippen LogP contribution is 2.53. The van der Waals surface area contributed by atoms with Crippen LogP contribution in [0.5, 0.6) is 17.2 Å². The van der Waals surface area contributed by atoms with Crippen LogP contribution in [-0.2, 0) is 20.3 Å². The van der Waals surface area contributed by atoms with Gasteiger partial charge in [0.1, 0.15) is 35.8 Å². The quantitative estimate of drug-likeness (QED) is 0.173. The first-order valence-electron chi connectivity index (χ1n) is 12.6. The van der Waals surface area contributed by atoms with E-state index in [4.69, 9.17) is 18.3 Å². The van der Waals surface area contributed by atoms with Gasteiger partial charge in [0.15, 0.2) is 0 Å². The SMILES string of the molecule is O=C1NC(=O)C(Cc2ccc(OCC(OP(=O)(Oc3ccccc3)Oc3ccccc3)c3ccccc3F)cc2)S1. The molecule has 0 radical (unpaired) electrons. The van der Waals surface area contributed by atoms with Crippen molar-refractivity contribution in [2.24, 2.45) is 0 Å². The average molecular weight is 594 g/mol. The Balaban J connectivity index is 1.35. The van der Waals surface area contributed by atoms with Crippen LogP contribution in [0.4, 0.5) is 9.18 Å². The van der Waals surface area contributed by atoms with Crippen LogP contribution in [0.3, 0.4) is 0 Å². The summed E-state index contributed by atoms with van der Waals surface area (Å²) in [7, 11) is -4.38. The molecule has 1 N–H and O–H groups in total. The minimum atomic E-state index is -4.38. The van der Waals surface area contributed by atoms with Crippen LogP contribution in [0.15, 0.2) is 109 Å². The fraction of sp³-hybridized carbons (Fsp3) is 0.133. The summed E-state index contributed by atoms with van der Waals surface area (Å²) < 4.78 is 52.2. The second-order valence-corrected chi connectivity index (χ2v) is 11.6. The summed E-state index contributed by atoms with van der Waals surface area (Å²) >= 11 is 0.959. The van der Waals surface area contributed by atoms with Gasteiger partial charge in [0.2, 0.25) is 5.91 Å². The van der Waals surface area contributed by atoms with Crippen molar-refractivity contribution in [3.8, 4) is 17.2 Å². The zero-order valence-electron chi connectivity index (χ0n) is 21.6. The largest absolute Gasteiger partial charge is 0.588 e. The first-order valence-corrected chi connectivity index (χ1v) is 15.0. The Bertz CT molecular complexity index is 1490. The number of hydrogen-bond acceptors (Lipinski definition) is 8. The molecule has 0 spiro atoms.